The lowest BCUT2D eigenvalue weighted by Gasteiger charge is -2.09. The van der Waals surface area contributed by atoms with Crippen LogP contribution < -0.4 is 5.32 Å². The summed E-state index contributed by atoms with van der Waals surface area (Å²) in [5, 5.41) is 22.6. The van der Waals surface area contributed by atoms with Crippen molar-refractivity contribution >= 4 is 34.9 Å². The van der Waals surface area contributed by atoms with Gasteiger partial charge in [0.05, 0.1) is 16.2 Å². The number of benzene rings is 2. The lowest BCUT2D eigenvalue weighted by atomic mass is 10.1. The fourth-order valence-corrected chi connectivity index (χ4v) is 1.99. The molecule has 0 radical (unpaired) electrons. The molecule has 2 aromatic rings. The Hall–Kier alpha value is -2.93. The molecule has 0 unspecified atom stereocenters. The monoisotopic (exact) mass is 320 g/mol. The molecule has 2 aromatic carbocycles. The van der Waals surface area contributed by atoms with E-state index in [2.05, 4.69) is 5.32 Å². The number of carboxylic acids is 1. The molecule has 2 rings (SSSR count). The minimum Gasteiger partial charge on any atom is -0.478 e. The number of rotatable bonds is 4. The first-order chi connectivity index (χ1) is 10.4. The van der Waals surface area contributed by atoms with Crippen LogP contribution in [0.2, 0.25) is 5.02 Å². The molecule has 0 aliphatic heterocycles. The maximum absolute atomic E-state index is 12.2. The van der Waals surface area contributed by atoms with Gasteiger partial charge in [0, 0.05) is 11.1 Å². The van der Waals surface area contributed by atoms with Gasteiger partial charge in [-0.25, -0.2) is 4.79 Å². The van der Waals surface area contributed by atoms with Gasteiger partial charge in [0.15, 0.2) is 0 Å². The van der Waals surface area contributed by atoms with E-state index in [9.17, 15) is 19.7 Å². The molecule has 112 valence electrons. The van der Waals surface area contributed by atoms with E-state index in [0.29, 0.717) is 0 Å². The van der Waals surface area contributed by atoms with E-state index in [1.807, 2.05) is 0 Å². The van der Waals surface area contributed by atoms with Crippen LogP contribution in [-0.4, -0.2) is 21.9 Å². The highest BCUT2D eigenvalue weighted by atomic mass is 35.5. The van der Waals surface area contributed by atoms with Crippen molar-refractivity contribution in [1.82, 2.24) is 0 Å². The molecule has 0 heterocycles. The molecular weight excluding hydrogens is 312 g/mol. The second-order valence-corrected chi connectivity index (χ2v) is 4.66. The largest absolute Gasteiger partial charge is 0.478 e. The molecule has 0 aliphatic carbocycles. The number of carbonyl (C=O) groups is 2. The molecule has 0 fully saturated rings. The average Bonchev–Trinajstić information content (AvgIpc) is 2.46. The van der Waals surface area contributed by atoms with Crippen molar-refractivity contribution in [2.75, 3.05) is 5.32 Å². The van der Waals surface area contributed by atoms with Gasteiger partial charge in [-0.15, -0.1) is 0 Å². The third-order valence-corrected chi connectivity index (χ3v) is 3.04. The maximum atomic E-state index is 12.2. The van der Waals surface area contributed by atoms with Crippen molar-refractivity contribution in [2.45, 2.75) is 0 Å². The summed E-state index contributed by atoms with van der Waals surface area (Å²) in [6.07, 6.45) is 0. The van der Waals surface area contributed by atoms with Gasteiger partial charge in [-0.3, -0.25) is 14.9 Å². The number of nitro benzene ring substituents is 1. The molecule has 22 heavy (non-hydrogen) atoms. The van der Waals surface area contributed by atoms with Crippen molar-refractivity contribution in [3.05, 3.63) is 68.7 Å². The number of carbonyl (C=O) groups excluding carboxylic acids is 1. The van der Waals surface area contributed by atoms with Gasteiger partial charge in [0.25, 0.3) is 11.6 Å². The number of amides is 1. The van der Waals surface area contributed by atoms with Gasteiger partial charge in [0.2, 0.25) is 0 Å². The predicted octanol–water partition coefficient (Wildman–Crippen LogP) is 3.20. The fraction of sp³-hybridized carbons (Fsp3) is 0. The second-order valence-electron chi connectivity index (χ2n) is 4.22. The molecule has 8 heteroatoms. The number of nitro groups is 1. The Bertz CT molecular complexity index is 776. The predicted molar refractivity (Wildman–Crippen MR) is 79.5 cm³/mol. The van der Waals surface area contributed by atoms with Gasteiger partial charge < -0.3 is 10.4 Å². The zero-order valence-electron chi connectivity index (χ0n) is 10.9. The molecule has 1 amide bonds. The van der Waals surface area contributed by atoms with Crippen LogP contribution in [0.3, 0.4) is 0 Å². The first-order valence-electron chi connectivity index (χ1n) is 5.97. The van der Waals surface area contributed by atoms with Gasteiger partial charge >= 0.3 is 5.97 Å². The number of halogens is 1. The van der Waals surface area contributed by atoms with E-state index < -0.39 is 16.8 Å². The van der Waals surface area contributed by atoms with E-state index in [1.54, 1.807) is 0 Å². The zero-order valence-corrected chi connectivity index (χ0v) is 11.7. The summed E-state index contributed by atoms with van der Waals surface area (Å²) in [5.41, 5.74) is -0.762. The van der Waals surface area contributed by atoms with Crippen LogP contribution in [0.25, 0.3) is 0 Å². The first kappa shape index (κ1) is 15.5. The van der Waals surface area contributed by atoms with Gasteiger partial charge in [-0.2, -0.15) is 0 Å². The Balaban J connectivity index is 2.40. The molecule has 0 bridgehead atoms. The van der Waals surface area contributed by atoms with E-state index in [0.717, 1.165) is 0 Å². The number of nitrogens with one attached hydrogen (secondary N) is 1. The van der Waals surface area contributed by atoms with Crippen molar-refractivity contribution in [3.8, 4) is 0 Å². The summed E-state index contributed by atoms with van der Waals surface area (Å²) in [6, 6.07) is 9.22. The third-order valence-electron chi connectivity index (χ3n) is 2.81. The lowest BCUT2D eigenvalue weighted by molar-refractivity contribution is -0.385. The van der Waals surface area contributed by atoms with Gasteiger partial charge in [-0.1, -0.05) is 23.7 Å². The minimum atomic E-state index is -1.26. The zero-order chi connectivity index (χ0) is 16.3. The fourth-order valence-electron chi connectivity index (χ4n) is 1.82. The molecule has 0 aliphatic rings. The molecule has 7 nitrogen and oxygen atoms in total. The molecule has 0 saturated carbocycles. The summed E-state index contributed by atoms with van der Waals surface area (Å²) in [6.45, 7) is 0. The van der Waals surface area contributed by atoms with Crippen molar-refractivity contribution < 1.29 is 19.6 Å². The summed E-state index contributed by atoms with van der Waals surface area (Å²) in [4.78, 5) is 33.5. The summed E-state index contributed by atoms with van der Waals surface area (Å²) < 4.78 is 0. The Morgan fingerprint density at radius 2 is 1.82 bits per heavy atom. The maximum Gasteiger partial charge on any atom is 0.337 e. The smallest absolute Gasteiger partial charge is 0.337 e. The van der Waals surface area contributed by atoms with E-state index in [-0.39, 0.29) is 27.5 Å². The number of aromatic carboxylic acids is 1. The number of hydrogen-bond donors (Lipinski definition) is 2. The number of nitrogens with zero attached hydrogens (tertiary/aromatic N) is 1. The first-order valence-corrected chi connectivity index (χ1v) is 6.35. The van der Waals surface area contributed by atoms with Crippen LogP contribution in [0.1, 0.15) is 20.7 Å². The highest BCUT2D eigenvalue weighted by molar-refractivity contribution is 6.31. The highest BCUT2D eigenvalue weighted by Gasteiger charge is 2.21. The van der Waals surface area contributed by atoms with Crippen molar-refractivity contribution in [2.24, 2.45) is 0 Å². The molecule has 0 atom stereocenters. The van der Waals surface area contributed by atoms with E-state index >= 15 is 0 Å². The molecule has 0 aromatic heterocycles. The summed E-state index contributed by atoms with van der Waals surface area (Å²) >= 11 is 5.78. The summed E-state index contributed by atoms with van der Waals surface area (Å²) in [7, 11) is 0. The van der Waals surface area contributed by atoms with Gasteiger partial charge in [-0.05, 0) is 24.3 Å². The van der Waals surface area contributed by atoms with E-state index in [1.165, 1.54) is 42.5 Å². The van der Waals surface area contributed by atoms with Crippen LogP contribution >= 0.6 is 11.6 Å². The molecular formula is C14H9ClN2O5. The highest BCUT2D eigenvalue weighted by Crippen LogP contribution is 2.24. The third kappa shape index (κ3) is 3.21. The molecule has 0 saturated heterocycles. The van der Waals surface area contributed by atoms with Crippen LogP contribution in [-0.2, 0) is 0 Å². The number of carboxylic acid groups (broad SMARTS) is 1. The van der Waals surface area contributed by atoms with Crippen LogP contribution in [0.5, 0.6) is 0 Å². The van der Waals surface area contributed by atoms with E-state index in [4.69, 9.17) is 16.7 Å². The second kappa shape index (κ2) is 6.23. The van der Waals surface area contributed by atoms with Crippen molar-refractivity contribution in [1.29, 1.82) is 0 Å². The Kier molecular flexibility index (Phi) is 4.38. The number of para-hydroxylation sites is 1. The summed E-state index contributed by atoms with van der Waals surface area (Å²) in [5.74, 6) is -2.05. The number of anilines is 1. The Morgan fingerprint density at radius 1 is 1.14 bits per heavy atom. The van der Waals surface area contributed by atoms with Crippen LogP contribution in [0.4, 0.5) is 11.4 Å². The minimum absolute atomic E-state index is 0.0387. The Labute approximate surface area is 129 Å². The molecule has 2 N–H and O–H groups in total. The molecule has 0 spiro atoms. The van der Waals surface area contributed by atoms with Crippen LogP contribution in [0, 0.1) is 10.1 Å². The van der Waals surface area contributed by atoms with Crippen molar-refractivity contribution in [3.63, 3.8) is 0 Å². The topological polar surface area (TPSA) is 110 Å². The quantitative estimate of drug-likeness (QED) is 0.664. The van der Waals surface area contributed by atoms with Gasteiger partial charge in [0.1, 0.15) is 5.56 Å². The average molecular weight is 321 g/mol. The number of hydrogen-bond acceptors (Lipinski definition) is 4. The Morgan fingerprint density at radius 3 is 2.45 bits per heavy atom. The van der Waals surface area contributed by atoms with Crippen LogP contribution in [0.15, 0.2) is 42.5 Å². The lowest BCUT2D eigenvalue weighted by Crippen LogP contribution is -2.16. The normalized spacial score (nSPS) is 10.0. The standard InChI is InChI=1S/C14H9ClN2O5/c15-8-5-6-9(14(19)20)11(7-8)16-13(18)10-3-1-2-4-12(10)17(21)22/h1-7H,(H,16,18)(H,19,20). The SMILES string of the molecule is O=C(O)c1ccc(Cl)cc1NC(=O)c1ccccc1[N+](=O)[O-].